The van der Waals surface area contributed by atoms with E-state index >= 15 is 0 Å². The molecule has 3 aromatic rings. The van der Waals surface area contributed by atoms with Crippen LogP contribution in [0.2, 0.25) is 5.02 Å². The first-order valence-electron chi connectivity index (χ1n) is 9.39. The summed E-state index contributed by atoms with van der Waals surface area (Å²) in [6, 6.07) is 13.8. The molecule has 29 heavy (non-hydrogen) atoms. The predicted octanol–water partition coefficient (Wildman–Crippen LogP) is 4.65. The maximum absolute atomic E-state index is 11.8. The van der Waals surface area contributed by atoms with Gasteiger partial charge < -0.3 is 10.6 Å². The van der Waals surface area contributed by atoms with E-state index in [9.17, 15) is 4.79 Å². The van der Waals surface area contributed by atoms with Gasteiger partial charge in [-0.05, 0) is 49.6 Å². The Labute approximate surface area is 180 Å². The third kappa shape index (κ3) is 5.31. The molecule has 2 amide bonds. The number of thioether (sulfide) groups is 1. The largest absolute Gasteiger partial charge is 0.338 e. The van der Waals surface area contributed by atoms with Gasteiger partial charge in [0.1, 0.15) is 0 Å². The van der Waals surface area contributed by atoms with Crippen LogP contribution in [-0.2, 0) is 12.3 Å². The summed E-state index contributed by atoms with van der Waals surface area (Å²) < 4.78 is 1.97. The van der Waals surface area contributed by atoms with Crippen molar-refractivity contribution in [3.63, 3.8) is 0 Å². The molecule has 0 unspecified atom stereocenters. The van der Waals surface area contributed by atoms with Crippen molar-refractivity contribution in [2.75, 3.05) is 6.54 Å². The minimum atomic E-state index is -0.237. The van der Waals surface area contributed by atoms with E-state index in [1.807, 2.05) is 48.7 Å². The van der Waals surface area contributed by atoms with Gasteiger partial charge in [0.15, 0.2) is 11.0 Å². The van der Waals surface area contributed by atoms with Gasteiger partial charge in [0.25, 0.3) is 0 Å². The quantitative estimate of drug-likeness (QED) is 0.536. The third-order valence-electron chi connectivity index (χ3n) is 4.47. The molecule has 0 saturated heterocycles. The van der Waals surface area contributed by atoms with Crippen LogP contribution in [-0.4, -0.2) is 27.3 Å². The molecule has 0 saturated carbocycles. The number of carbonyl (C=O) groups excluding carboxylic acids is 1. The molecule has 0 aliphatic heterocycles. The summed E-state index contributed by atoms with van der Waals surface area (Å²) in [7, 11) is 0. The molecule has 0 spiro atoms. The summed E-state index contributed by atoms with van der Waals surface area (Å²) in [5, 5.41) is 15.7. The van der Waals surface area contributed by atoms with Crippen molar-refractivity contribution in [1.82, 2.24) is 25.4 Å². The van der Waals surface area contributed by atoms with Crippen LogP contribution in [0.15, 0.2) is 47.6 Å². The number of benzene rings is 2. The van der Waals surface area contributed by atoms with E-state index in [4.69, 9.17) is 11.6 Å². The number of aryl methyl sites for hydroxylation is 2. The first-order chi connectivity index (χ1) is 14.0. The molecule has 0 atom stereocenters. The van der Waals surface area contributed by atoms with E-state index in [1.165, 1.54) is 11.1 Å². The monoisotopic (exact) mass is 429 g/mol. The molecule has 1 aromatic heterocycles. The Balaban J connectivity index is 1.92. The number of nitrogens with zero attached hydrogens (tertiary/aromatic N) is 3. The Morgan fingerprint density at radius 2 is 1.90 bits per heavy atom. The number of hydrogen-bond donors (Lipinski definition) is 2. The van der Waals surface area contributed by atoms with Crippen LogP contribution in [0.1, 0.15) is 29.4 Å². The first kappa shape index (κ1) is 21.2. The fourth-order valence-electron chi connectivity index (χ4n) is 2.87. The van der Waals surface area contributed by atoms with Crippen LogP contribution in [0, 0.1) is 13.8 Å². The Hall–Kier alpha value is -2.51. The van der Waals surface area contributed by atoms with Crippen LogP contribution in [0.5, 0.6) is 0 Å². The van der Waals surface area contributed by atoms with Gasteiger partial charge in [-0.1, -0.05) is 53.7 Å². The van der Waals surface area contributed by atoms with Crippen molar-refractivity contribution >= 4 is 29.4 Å². The average Bonchev–Trinajstić information content (AvgIpc) is 3.10. The number of aromatic nitrogens is 3. The van der Waals surface area contributed by atoms with Crippen molar-refractivity contribution in [2.45, 2.75) is 38.2 Å². The molecule has 152 valence electrons. The molecular formula is C21H24ClN5OS. The lowest BCUT2D eigenvalue weighted by molar-refractivity contribution is 0.240. The van der Waals surface area contributed by atoms with Crippen molar-refractivity contribution in [2.24, 2.45) is 0 Å². The summed E-state index contributed by atoms with van der Waals surface area (Å²) >= 11 is 7.87. The van der Waals surface area contributed by atoms with Crippen LogP contribution in [0.3, 0.4) is 0 Å². The highest BCUT2D eigenvalue weighted by atomic mass is 35.5. The molecule has 3 rings (SSSR count). The van der Waals surface area contributed by atoms with Crippen molar-refractivity contribution < 1.29 is 4.79 Å². The van der Waals surface area contributed by atoms with Gasteiger partial charge >= 0.3 is 6.03 Å². The predicted molar refractivity (Wildman–Crippen MR) is 118 cm³/mol. The van der Waals surface area contributed by atoms with Crippen LogP contribution >= 0.6 is 23.4 Å². The zero-order valence-electron chi connectivity index (χ0n) is 16.7. The molecule has 0 aliphatic rings. The Bertz CT molecular complexity index is 1000. The zero-order valence-corrected chi connectivity index (χ0v) is 18.3. The van der Waals surface area contributed by atoms with E-state index < -0.39 is 0 Å². The zero-order chi connectivity index (χ0) is 20.8. The van der Waals surface area contributed by atoms with E-state index in [0.717, 1.165) is 22.2 Å². The normalized spacial score (nSPS) is 10.8. The number of hydrogen-bond acceptors (Lipinski definition) is 4. The number of rotatable bonds is 7. The van der Waals surface area contributed by atoms with Gasteiger partial charge in [-0.3, -0.25) is 4.57 Å². The molecule has 0 radical (unpaired) electrons. The maximum atomic E-state index is 11.8. The van der Waals surface area contributed by atoms with E-state index in [-0.39, 0.29) is 12.6 Å². The maximum Gasteiger partial charge on any atom is 0.315 e. The van der Waals surface area contributed by atoms with Crippen molar-refractivity contribution in [1.29, 1.82) is 0 Å². The summed E-state index contributed by atoms with van der Waals surface area (Å²) in [5.74, 6) is 1.42. The average molecular weight is 430 g/mol. The molecule has 8 heteroatoms. The number of urea groups is 1. The minimum absolute atomic E-state index is 0.237. The molecule has 0 bridgehead atoms. The molecule has 0 fully saturated rings. The molecule has 2 aromatic carbocycles. The van der Waals surface area contributed by atoms with Crippen molar-refractivity contribution in [3.05, 3.63) is 70.0 Å². The summed E-state index contributed by atoms with van der Waals surface area (Å²) in [6.07, 6.45) is 0. The SMILES string of the molecule is CCNC(=O)NCc1nnc(SCc2ccccc2C)n1-c1cc(Cl)ccc1C. The van der Waals surface area contributed by atoms with Gasteiger partial charge in [-0.2, -0.15) is 0 Å². The summed E-state index contributed by atoms with van der Waals surface area (Å²) in [6.45, 7) is 6.81. The van der Waals surface area contributed by atoms with Gasteiger partial charge in [-0.15, -0.1) is 10.2 Å². The van der Waals surface area contributed by atoms with E-state index in [1.54, 1.807) is 11.8 Å². The molecule has 0 aliphatic carbocycles. The minimum Gasteiger partial charge on any atom is -0.338 e. The number of halogens is 1. The van der Waals surface area contributed by atoms with Gasteiger partial charge in [0.05, 0.1) is 12.2 Å². The molecule has 1 heterocycles. The van der Waals surface area contributed by atoms with Gasteiger partial charge in [0.2, 0.25) is 0 Å². The van der Waals surface area contributed by atoms with Crippen molar-refractivity contribution in [3.8, 4) is 5.69 Å². The molecule has 2 N–H and O–H groups in total. The fourth-order valence-corrected chi connectivity index (χ4v) is 4.08. The van der Waals surface area contributed by atoms with Crippen LogP contribution < -0.4 is 10.6 Å². The number of carbonyl (C=O) groups is 1. The topological polar surface area (TPSA) is 71.8 Å². The highest BCUT2D eigenvalue weighted by molar-refractivity contribution is 7.98. The lowest BCUT2D eigenvalue weighted by Gasteiger charge is -2.14. The lowest BCUT2D eigenvalue weighted by Crippen LogP contribution is -2.35. The second-order valence-electron chi connectivity index (χ2n) is 6.59. The van der Waals surface area contributed by atoms with Crippen LogP contribution in [0.25, 0.3) is 5.69 Å². The Kier molecular flexibility index (Phi) is 7.17. The van der Waals surface area contributed by atoms with Gasteiger partial charge in [-0.25, -0.2) is 4.79 Å². The van der Waals surface area contributed by atoms with E-state index in [0.29, 0.717) is 17.4 Å². The highest BCUT2D eigenvalue weighted by Gasteiger charge is 2.17. The number of amides is 2. The highest BCUT2D eigenvalue weighted by Crippen LogP contribution is 2.29. The van der Waals surface area contributed by atoms with Gasteiger partial charge in [0, 0.05) is 17.3 Å². The second-order valence-corrected chi connectivity index (χ2v) is 7.97. The second kappa shape index (κ2) is 9.80. The molecular weight excluding hydrogens is 406 g/mol. The lowest BCUT2D eigenvalue weighted by atomic mass is 10.1. The van der Waals surface area contributed by atoms with Crippen LogP contribution in [0.4, 0.5) is 4.79 Å². The Morgan fingerprint density at radius 1 is 1.10 bits per heavy atom. The Morgan fingerprint density at radius 3 is 2.66 bits per heavy atom. The molecule has 6 nitrogen and oxygen atoms in total. The first-order valence-corrected chi connectivity index (χ1v) is 10.8. The summed E-state index contributed by atoms with van der Waals surface area (Å²) in [5.41, 5.74) is 4.44. The summed E-state index contributed by atoms with van der Waals surface area (Å²) in [4.78, 5) is 11.8. The van der Waals surface area contributed by atoms with E-state index in [2.05, 4.69) is 39.9 Å². The fraction of sp³-hybridized carbons (Fsp3) is 0.286. The number of nitrogens with one attached hydrogen (secondary N) is 2. The standard InChI is InChI=1S/C21H24ClN5OS/c1-4-23-20(28)24-12-19-25-26-21(29-13-16-8-6-5-7-14(16)2)27(19)18-11-17(22)10-9-15(18)3/h5-11H,4,12-13H2,1-3H3,(H2,23,24,28). The smallest absolute Gasteiger partial charge is 0.315 e. The third-order valence-corrected chi connectivity index (χ3v) is 5.69.